The topological polar surface area (TPSA) is 62.6 Å². The molecule has 0 spiro atoms. The highest BCUT2D eigenvalue weighted by atomic mass is 16.5. The van der Waals surface area contributed by atoms with Crippen LogP contribution in [0.3, 0.4) is 0 Å². The van der Waals surface area contributed by atoms with Crippen molar-refractivity contribution in [2.24, 2.45) is 0 Å². The summed E-state index contributed by atoms with van der Waals surface area (Å²) in [5.74, 6) is 1.79. The lowest BCUT2D eigenvalue weighted by Crippen LogP contribution is -2.25. The summed E-state index contributed by atoms with van der Waals surface area (Å²) in [5.41, 5.74) is 3.61. The van der Waals surface area contributed by atoms with E-state index >= 15 is 0 Å². The average Bonchev–Trinajstić information content (AvgIpc) is 3.27. The molecule has 0 aliphatic carbocycles. The lowest BCUT2D eigenvalue weighted by Gasteiger charge is -2.18. The van der Waals surface area contributed by atoms with Crippen molar-refractivity contribution in [1.29, 1.82) is 0 Å². The van der Waals surface area contributed by atoms with Gasteiger partial charge in [-0.15, -0.1) is 0 Å². The molecule has 1 aromatic heterocycles. The van der Waals surface area contributed by atoms with Crippen LogP contribution < -0.4 is 10.1 Å². The van der Waals surface area contributed by atoms with E-state index in [1.807, 2.05) is 24.3 Å². The first-order valence-corrected chi connectivity index (χ1v) is 13.0. The molecule has 3 rings (SSSR count). The number of carbonyl (C=O) groups is 1. The molecule has 3 aromatic rings. The van der Waals surface area contributed by atoms with Gasteiger partial charge in [-0.3, -0.25) is 4.79 Å². The number of para-hydroxylation sites is 1. The van der Waals surface area contributed by atoms with E-state index in [2.05, 4.69) is 65.6 Å². The van der Waals surface area contributed by atoms with Crippen LogP contribution in [-0.2, 0) is 11.3 Å². The lowest BCUT2D eigenvalue weighted by molar-refractivity contribution is -0.105. The summed E-state index contributed by atoms with van der Waals surface area (Å²) in [4.78, 5) is 20.9. The standard InChI is InChI=1S/C28H41N5O2/c1-5-31(6-2)18-10-20-33-26-13-9-12-25(29-22-34)27(26)30-28(33)23-14-16-24(17-15-23)35-21-11-19-32(7-3)8-4/h9,12-17,22H,5-8,10-11,18-21H2,1-4H3,(H,29,34). The molecule has 1 heterocycles. The molecule has 0 saturated carbocycles. The molecule has 0 bridgehead atoms. The monoisotopic (exact) mass is 479 g/mol. The first-order chi connectivity index (χ1) is 17.1. The molecule has 1 amide bonds. The fourth-order valence-corrected chi connectivity index (χ4v) is 4.48. The molecule has 1 N–H and O–H groups in total. The molecule has 190 valence electrons. The van der Waals surface area contributed by atoms with Gasteiger partial charge in [0.25, 0.3) is 0 Å². The van der Waals surface area contributed by atoms with Gasteiger partial charge in [-0.25, -0.2) is 4.98 Å². The number of nitrogens with zero attached hydrogens (tertiary/aromatic N) is 4. The molecule has 0 radical (unpaired) electrons. The summed E-state index contributed by atoms with van der Waals surface area (Å²) < 4.78 is 8.26. The summed E-state index contributed by atoms with van der Waals surface area (Å²) >= 11 is 0. The van der Waals surface area contributed by atoms with Gasteiger partial charge in [0.1, 0.15) is 17.1 Å². The van der Waals surface area contributed by atoms with E-state index in [9.17, 15) is 4.79 Å². The Morgan fingerprint density at radius 3 is 2.20 bits per heavy atom. The van der Waals surface area contributed by atoms with Gasteiger partial charge in [-0.05, 0) is 82.0 Å². The number of imidazole rings is 1. The number of fused-ring (bicyclic) bond motifs is 1. The summed E-state index contributed by atoms with van der Waals surface area (Å²) in [6.45, 7) is 16.7. The third-order valence-corrected chi connectivity index (χ3v) is 6.64. The number of anilines is 1. The Bertz CT molecular complexity index is 1040. The van der Waals surface area contributed by atoms with Gasteiger partial charge in [0.2, 0.25) is 6.41 Å². The minimum atomic E-state index is 0.709. The number of nitrogens with one attached hydrogen (secondary N) is 1. The molecular formula is C28H41N5O2. The zero-order valence-corrected chi connectivity index (χ0v) is 21.8. The minimum Gasteiger partial charge on any atom is -0.494 e. The number of carbonyl (C=O) groups excluding carboxylic acids is 1. The predicted octanol–water partition coefficient (Wildman–Crippen LogP) is 5.11. The third kappa shape index (κ3) is 7.05. The van der Waals surface area contributed by atoms with Crippen LogP contribution in [0.15, 0.2) is 42.5 Å². The fraction of sp³-hybridized carbons (Fsp3) is 0.500. The van der Waals surface area contributed by atoms with E-state index in [0.29, 0.717) is 13.0 Å². The van der Waals surface area contributed by atoms with E-state index in [1.54, 1.807) is 0 Å². The van der Waals surface area contributed by atoms with Crippen LogP contribution in [0.1, 0.15) is 40.5 Å². The van der Waals surface area contributed by atoms with Crippen molar-refractivity contribution in [2.75, 3.05) is 51.2 Å². The maximum atomic E-state index is 11.1. The highest BCUT2D eigenvalue weighted by molar-refractivity contribution is 5.95. The highest BCUT2D eigenvalue weighted by Gasteiger charge is 2.15. The maximum absolute atomic E-state index is 11.1. The van der Waals surface area contributed by atoms with Gasteiger partial charge >= 0.3 is 0 Å². The number of ether oxygens (including phenoxy) is 1. The Morgan fingerprint density at radius 2 is 1.57 bits per heavy atom. The number of rotatable bonds is 16. The Morgan fingerprint density at radius 1 is 0.914 bits per heavy atom. The van der Waals surface area contributed by atoms with Crippen molar-refractivity contribution < 1.29 is 9.53 Å². The minimum absolute atomic E-state index is 0.709. The van der Waals surface area contributed by atoms with Crippen molar-refractivity contribution in [1.82, 2.24) is 19.4 Å². The predicted molar refractivity (Wildman–Crippen MR) is 145 cm³/mol. The highest BCUT2D eigenvalue weighted by Crippen LogP contribution is 2.30. The number of hydrogen-bond acceptors (Lipinski definition) is 5. The summed E-state index contributed by atoms with van der Waals surface area (Å²) in [6, 6.07) is 14.1. The van der Waals surface area contributed by atoms with Crippen LogP contribution in [0.5, 0.6) is 5.75 Å². The Hall–Kier alpha value is -2.90. The lowest BCUT2D eigenvalue weighted by atomic mass is 10.2. The van der Waals surface area contributed by atoms with Crippen molar-refractivity contribution in [2.45, 2.75) is 47.1 Å². The number of amides is 1. The van der Waals surface area contributed by atoms with Gasteiger partial charge in [0.15, 0.2) is 0 Å². The van der Waals surface area contributed by atoms with Gasteiger partial charge in [-0.1, -0.05) is 33.8 Å². The molecule has 0 aliphatic rings. The van der Waals surface area contributed by atoms with Crippen LogP contribution in [0.4, 0.5) is 5.69 Å². The Labute approximate surface area is 210 Å². The molecule has 0 aliphatic heterocycles. The van der Waals surface area contributed by atoms with Crippen molar-refractivity contribution in [3.63, 3.8) is 0 Å². The Kier molecular flexibility index (Phi) is 10.6. The molecule has 35 heavy (non-hydrogen) atoms. The second-order valence-electron chi connectivity index (χ2n) is 8.66. The fourth-order valence-electron chi connectivity index (χ4n) is 4.48. The van der Waals surface area contributed by atoms with E-state index < -0.39 is 0 Å². The number of aromatic nitrogens is 2. The summed E-state index contributed by atoms with van der Waals surface area (Å²) in [5, 5.41) is 2.80. The van der Waals surface area contributed by atoms with E-state index in [1.165, 1.54) is 0 Å². The van der Waals surface area contributed by atoms with Gasteiger partial charge < -0.3 is 24.4 Å². The Balaban J connectivity index is 1.79. The largest absolute Gasteiger partial charge is 0.494 e. The molecular weight excluding hydrogens is 438 g/mol. The SMILES string of the molecule is CCN(CC)CCCOc1ccc(-c2nc3c(NC=O)cccc3n2CCCN(CC)CC)cc1. The quantitative estimate of drug-likeness (QED) is 0.228. The normalized spacial score (nSPS) is 11.5. The summed E-state index contributed by atoms with van der Waals surface area (Å²) in [6.07, 6.45) is 2.75. The first-order valence-electron chi connectivity index (χ1n) is 13.0. The van der Waals surface area contributed by atoms with E-state index in [0.717, 1.165) is 92.5 Å². The van der Waals surface area contributed by atoms with Crippen LogP contribution in [0, 0.1) is 0 Å². The molecule has 0 fully saturated rings. The second-order valence-corrected chi connectivity index (χ2v) is 8.66. The van der Waals surface area contributed by atoms with Crippen molar-refractivity contribution >= 4 is 23.1 Å². The first kappa shape index (κ1) is 26.7. The number of aryl methyl sites for hydroxylation is 1. The van der Waals surface area contributed by atoms with Crippen LogP contribution >= 0.6 is 0 Å². The maximum Gasteiger partial charge on any atom is 0.211 e. The van der Waals surface area contributed by atoms with Crippen molar-refractivity contribution in [3.05, 3.63) is 42.5 Å². The second kappa shape index (κ2) is 13.9. The van der Waals surface area contributed by atoms with Crippen molar-refractivity contribution in [3.8, 4) is 17.1 Å². The molecule has 7 nitrogen and oxygen atoms in total. The van der Waals surface area contributed by atoms with Gasteiger partial charge in [0.05, 0.1) is 17.8 Å². The molecule has 0 atom stereocenters. The number of hydrogen-bond donors (Lipinski definition) is 1. The number of benzene rings is 2. The average molecular weight is 480 g/mol. The van der Waals surface area contributed by atoms with Gasteiger partial charge in [0, 0.05) is 18.7 Å². The van der Waals surface area contributed by atoms with Crippen LogP contribution in [0.25, 0.3) is 22.4 Å². The third-order valence-electron chi connectivity index (χ3n) is 6.64. The van der Waals surface area contributed by atoms with Crippen LogP contribution in [0.2, 0.25) is 0 Å². The summed E-state index contributed by atoms with van der Waals surface area (Å²) in [7, 11) is 0. The van der Waals surface area contributed by atoms with E-state index in [-0.39, 0.29) is 0 Å². The molecule has 7 heteroatoms. The molecule has 2 aromatic carbocycles. The van der Waals surface area contributed by atoms with Gasteiger partial charge in [-0.2, -0.15) is 0 Å². The molecule has 0 saturated heterocycles. The smallest absolute Gasteiger partial charge is 0.211 e. The zero-order chi connectivity index (χ0) is 25.0. The van der Waals surface area contributed by atoms with Crippen LogP contribution in [-0.4, -0.2) is 71.6 Å². The molecule has 0 unspecified atom stereocenters. The zero-order valence-electron chi connectivity index (χ0n) is 21.8. The van der Waals surface area contributed by atoms with E-state index in [4.69, 9.17) is 9.72 Å².